The topological polar surface area (TPSA) is 69.9 Å². The zero-order valence-corrected chi connectivity index (χ0v) is 18.8. The number of carbonyl (C=O) groups is 2. The largest absolute Gasteiger partial charge is 0.468 e. The Morgan fingerprint density at radius 3 is 2.41 bits per heavy atom. The second kappa shape index (κ2) is 9.20. The van der Waals surface area contributed by atoms with E-state index in [1.165, 1.54) is 18.4 Å². The predicted molar refractivity (Wildman–Crippen MR) is 124 cm³/mol. The SMILES string of the molecule is COC(=O)Cn1c(=NC(=O)c2cccc(Oc3ccccc3)c2)sc2cc(C)c(C)cc21. The van der Waals surface area contributed by atoms with Crippen LogP contribution in [-0.2, 0) is 16.1 Å². The van der Waals surface area contributed by atoms with Gasteiger partial charge < -0.3 is 14.0 Å². The average molecular weight is 447 g/mol. The monoisotopic (exact) mass is 446 g/mol. The lowest BCUT2D eigenvalue weighted by Gasteiger charge is -2.06. The first-order chi connectivity index (χ1) is 15.4. The zero-order valence-electron chi connectivity index (χ0n) is 18.0. The number of benzene rings is 3. The van der Waals surface area contributed by atoms with Crippen LogP contribution in [0.25, 0.3) is 10.2 Å². The van der Waals surface area contributed by atoms with E-state index >= 15 is 0 Å². The summed E-state index contributed by atoms with van der Waals surface area (Å²) in [6.45, 7) is 4.01. The summed E-state index contributed by atoms with van der Waals surface area (Å²) in [5.74, 6) is 0.402. The number of rotatable bonds is 5. The van der Waals surface area contributed by atoms with Crippen molar-refractivity contribution in [2.24, 2.45) is 4.99 Å². The van der Waals surface area contributed by atoms with Gasteiger partial charge in [-0.2, -0.15) is 4.99 Å². The number of hydrogen-bond acceptors (Lipinski definition) is 5. The van der Waals surface area contributed by atoms with Gasteiger partial charge in [-0.3, -0.25) is 9.59 Å². The summed E-state index contributed by atoms with van der Waals surface area (Å²) < 4.78 is 13.3. The molecule has 3 aromatic carbocycles. The highest BCUT2D eigenvalue weighted by atomic mass is 32.1. The molecule has 1 heterocycles. The zero-order chi connectivity index (χ0) is 22.7. The highest BCUT2D eigenvalue weighted by Crippen LogP contribution is 2.24. The molecule has 32 heavy (non-hydrogen) atoms. The van der Waals surface area contributed by atoms with Crippen LogP contribution in [0, 0.1) is 13.8 Å². The summed E-state index contributed by atoms with van der Waals surface area (Å²) in [5.41, 5.74) is 3.47. The molecular formula is C25H22N2O4S. The molecule has 0 aliphatic heterocycles. The van der Waals surface area contributed by atoms with Crippen molar-refractivity contribution in [3.63, 3.8) is 0 Å². The van der Waals surface area contributed by atoms with Crippen LogP contribution in [0.2, 0.25) is 0 Å². The third-order valence-electron chi connectivity index (χ3n) is 5.07. The Hall–Kier alpha value is -3.71. The Labute approximate surface area is 189 Å². The van der Waals surface area contributed by atoms with E-state index in [1.54, 1.807) is 28.8 Å². The van der Waals surface area contributed by atoms with Gasteiger partial charge in [-0.15, -0.1) is 0 Å². The maximum Gasteiger partial charge on any atom is 0.325 e. The Bertz CT molecular complexity index is 1370. The number of hydrogen-bond donors (Lipinski definition) is 0. The van der Waals surface area contributed by atoms with E-state index in [1.807, 2.05) is 56.3 Å². The molecule has 0 bridgehead atoms. The van der Waals surface area contributed by atoms with Gasteiger partial charge in [0.15, 0.2) is 4.80 Å². The minimum absolute atomic E-state index is 0.0255. The van der Waals surface area contributed by atoms with Gasteiger partial charge in [-0.25, -0.2) is 0 Å². The number of aryl methyl sites for hydroxylation is 2. The summed E-state index contributed by atoms with van der Waals surface area (Å²) in [7, 11) is 1.34. The molecule has 0 unspecified atom stereocenters. The van der Waals surface area contributed by atoms with E-state index in [-0.39, 0.29) is 6.54 Å². The molecule has 4 aromatic rings. The van der Waals surface area contributed by atoms with Crippen LogP contribution in [0.1, 0.15) is 21.5 Å². The second-order valence-electron chi connectivity index (χ2n) is 7.31. The van der Waals surface area contributed by atoms with Gasteiger partial charge in [0, 0.05) is 5.56 Å². The van der Waals surface area contributed by atoms with Crippen molar-refractivity contribution in [2.75, 3.05) is 7.11 Å². The van der Waals surface area contributed by atoms with Crippen molar-refractivity contribution < 1.29 is 19.1 Å². The summed E-state index contributed by atoms with van der Waals surface area (Å²) >= 11 is 1.37. The minimum Gasteiger partial charge on any atom is -0.468 e. The number of methoxy groups -OCH3 is 1. The van der Waals surface area contributed by atoms with E-state index in [4.69, 9.17) is 9.47 Å². The lowest BCUT2D eigenvalue weighted by atomic mass is 10.1. The van der Waals surface area contributed by atoms with E-state index in [2.05, 4.69) is 4.99 Å². The van der Waals surface area contributed by atoms with Crippen molar-refractivity contribution in [1.29, 1.82) is 0 Å². The first-order valence-electron chi connectivity index (χ1n) is 10.0. The predicted octanol–water partition coefficient (Wildman–Crippen LogP) is 5.03. The fourth-order valence-corrected chi connectivity index (χ4v) is 4.33. The molecule has 0 fully saturated rings. The van der Waals surface area contributed by atoms with E-state index in [0.29, 0.717) is 21.9 Å². The third kappa shape index (κ3) is 4.63. The maximum atomic E-state index is 13.0. The maximum absolute atomic E-state index is 13.0. The smallest absolute Gasteiger partial charge is 0.325 e. The number of esters is 1. The third-order valence-corrected chi connectivity index (χ3v) is 6.11. The Morgan fingerprint density at radius 1 is 0.938 bits per heavy atom. The lowest BCUT2D eigenvalue weighted by molar-refractivity contribution is -0.141. The highest BCUT2D eigenvalue weighted by Gasteiger charge is 2.14. The molecule has 162 valence electrons. The molecule has 0 atom stereocenters. The first kappa shape index (κ1) is 21.5. The Balaban J connectivity index is 1.73. The fraction of sp³-hybridized carbons (Fsp3) is 0.160. The number of ether oxygens (including phenoxy) is 2. The summed E-state index contributed by atoms with van der Waals surface area (Å²) in [4.78, 5) is 29.8. The molecule has 0 N–H and O–H groups in total. The van der Waals surface area contributed by atoms with Crippen LogP contribution in [-0.4, -0.2) is 23.6 Å². The van der Waals surface area contributed by atoms with E-state index in [9.17, 15) is 9.59 Å². The van der Waals surface area contributed by atoms with Crippen LogP contribution in [0.15, 0.2) is 71.7 Å². The Morgan fingerprint density at radius 2 is 1.66 bits per heavy atom. The normalized spacial score (nSPS) is 11.5. The van der Waals surface area contributed by atoms with Crippen LogP contribution < -0.4 is 9.54 Å². The number of carbonyl (C=O) groups excluding carboxylic acids is 2. The molecule has 1 aromatic heterocycles. The second-order valence-corrected chi connectivity index (χ2v) is 8.32. The number of amides is 1. The minimum atomic E-state index is -0.415. The average Bonchev–Trinajstić information content (AvgIpc) is 3.10. The summed E-state index contributed by atoms with van der Waals surface area (Å²) in [6, 6.07) is 20.3. The lowest BCUT2D eigenvalue weighted by Crippen LogP contribution is -2.22. The Kier molecular flexibility index (Phi) is 6.18. The van der Waals surface area contributed by atoms with Gasteiger partial charge in [0.1, 0.15) is 18.0 Å². The molecule has 6 nitrogen and oxygen atoms in total. The number of para-hydroxylation sites is 1. The van der Waals surface area contributed by atoms with Gasteiger partial charge in [0.25, 0.3) is 5.91 Å². The molecule has 0 aliphatic carbocycles. The van der Waals surface area contributed by atoms with E-state index in [0.717, 1.165) is 21.3 Å². The molecule has 4 rings (SSSR count). The summed E-state index contributed by atoms with van der Waals surface area (Å²) in [5, 5.41) is 0. The van der Waals surface area contributed by atoms with Gasteiger partial charge in [-0.05, 0) is 67.4 Å². The molecule has 7 heteroatoms. The molecule has 0 saturated carbocycles. The van der Waals surface area contributed by atoms with Gasteiger partial charge in [0.2, 0.25) is 0 Å². The standard InChI is InChI=1S/C25H22N2O4S/c1-16-12-21-22(13-17(16)2)32-25(27(21)15-23(28)30-3)26-24(29)18-8-7-11-20(14-18)31-19-9-5-4-6-10-19/h4-14H,15H2,1-3H3. The number of aromatic nitrogens is 1. The van der Waals surface area contributed by atoms with Crippen LogP contribution in [0.5, 0.6) is 11.5 Å². The van der Waals surface area contributed by atoms with Crippen molar-refractivity contribution in [2.45, 2.75) is 20.4 Å². The molecule has 0 aliphatic rings. The van der Waals surface area contributed by atoms with Gasteiger partial charge in [0.05, 0.1) is 17.3 Å². The van der Waals surface area contributed by atoms with Crippen LogP contribution in [0.3, 0.4) is 0 Å². The highest BCUT2D eigenvalue weighted by molar-refractivity contribution is 7.16. The van der Waals surface area contributed by atoms with Crippen LogP contribution in [0.4, 0.5) is 0 Å². The van der Waals surface area contributed by atoms with Crippen molar-refractivity contribution >= 4 is 33.4 Å². The molecule has 1 amide bonds. The van der Waals surface area contributed by atoms with Crippen molar-refractivity contribution in [3.8, 4) is 11.5 Å². The molecule has 0 saturated heterocycles. The molecule has 0 spiro atoms. The molecule has 0 radical (unpaired) electrons. The van der Waals surface area contributed by atoms with E-state index < -0.39 is 11.9 Å². The quantitative estimate of drug-likeness (QED) is 0.403. The van der Waals surface area contributed by atoms with Gasteiger partial charge >= 0.3 is 5.97 Å². The first-order valence-corrected chi connectivity index (χ1v) is 10.9. The van der Waals surface area contributed by atoms with Crippen molar-refractivity contribution in [3.05, 3.63) is 88.2 Å². The van der Waals surface area contributed by atoms with Crippen molar-refractivity contribution in [1.82, 2.24) is 4.57 Å². The number of fused-ring (bicyclic) bond motifs is 1. The number of nitrogens with zero attached hydrogens (tertiary/aromatic N) is 2. The fourth-order valence-electron chi connectivity index (χ4n) is 3.22. The summed E-state index contributed by atoms with van der Waals surface area (Å²) in [6.07, 6.45) is 0. The van der Waals surface area contributed by atoms with Crippen LogP contribution >= 0.6 is 11.3 Å². The number of thiazole rings is 1. The van der Waals surface area contributed by atoms with Gasteiger partial charge in [-0.1, -0.05) is 35.6 Å². The molecular weight excluding hydrogens is 424 g/mol.